The predicted octanol–water partition coefficient (Wildman–Crippen LogP) is 3.02. The number of thiophene rings is 2. The maximum atomic E-state index is 12.1. The first-order chi connectivity index (χ1) is 12.1. The zero-order valence-electron chi connectivity index (χ0n) is 13.5. The van der Waals surface area contributed by atoms with Crippen LogP contribution in [0.3, 0.4) is 0 Å². The molecule has 0 radical (unpaired) electrons. The average Bonchev–Trinajstić information content (AvgIpc) is 3.26. The minimum absolute atomic E-state index is 0.304. The van der Waals surface area contributed by atoms with E-state index in [4.69, 9.17) is 0 Å². The Morgan fingerprint density at radius 3 is 2.88 bits per heavy atom. The highest BCUT2D eigenvalue weighted by Crippen LogP contribution is 2.37. The monoisotopic (exact) mass is 394 g/mol. The van der Waals surface area contributed by atoms with E-state index in [1.54, 1.807) is 35.2 Å². The maximum Gasteiger partial charge on any atom is 0.250 e. The van der Waals surface area contributed by atoms with Gasteiger partial charge in [0.2, 0.25) is 10.0 Å². The van der Waals surface area contributed by atoms with Gasteiger partial charge in [-0.25, -0.2) is 23.1 Å². The smallest absolute Gasteiger partial charge is 0.250 e. The van der Waals surface area contributed by atoms with Gasteiger partial charge in [0.05, 0.1) is 5.39 Å². The number of hydrogen-bond donors (Lipinski definition) is 2. The van der Waals surface area contributed by atoms with Crippen LogP contribution in [0.5, 0.6) is 0 Å². The molecule has 1 aliphatic carbocycles. The fourth-order valence-electron chi connectivity index (χ4n) is 3.08. The molecule has 0 spiro atoms. The van der Waals surface area contributed by atoms with E-state index in [9.17, 15) is 8.42 Å². The van der Waals surface area contributed by atoms with Gasteiger partial charge in [-0.15, -0.1) is 22.7 Å². The van der Waals surface area contributed by atoms with Crippen molar-refractivity contribution in [3.8, 4) is 0 Å². The number of aryl methyl sites for hydroxylation is 2. The Bertz CT molecular complexity index is 980. The fourth-order valence-corrected chi connectivity index (χ4v) is 6.38. The van der Waals surface area contributed by atoms with Gasteiger partial charge in [0.15, 0.2) is 0 Å². The third-order valence-electron chi connectivity index (χ3n) is 4.22. The molecule has 1 aliphatic rings. The third kappa shape index (κ3) is 3.41. The van der Waals surface area contributed by atoms with Crippen molar-refractivity contribution >= 4 is 48.7 Å². The Labute approximate surface area is 154 Å². The molecule has 2 N–H and O–H groups in total. The van der Waals surface area contributed by atoms with Gasteiger partial charge in [0.1, 0.15) is 21.2 Å². The molecule has 6 nitrogen and oxygen atoms in total. The summed E-state index contributed by atoms with van der Waals surface area (Å²) in [7, 11) is -3.42. The van der Waals surface area contributed by atoms with Crippen molar-refractivity contribution in [1.29, 1.82) is 0 Å². The number of nitrogens with one attached hydrogen (secondary N) is 2. The van der Waals surface area contributed by atoms with Gasteiger partial charge < -0.3 is 5.32 Å². The quantitative estimate of drug-likeness (QED) is 0.628. The van der Waals surface area contributed by atoms with Crippen LogP contribution in [0.25, 0.3) is 10.2 Å². The summed E-state index contributed by atoms with van der Waals surface area (Å²) in [6.07, 6.45) is 6.20. The van der Waals surface area contributed by atoms with Gasteiger partial charge >= 0.3 is 0 Å². The van der Waals surface area contributed by atoms with E-state index in [0.717, 1.165) is 28.9 Å². The van der Waals surface area contributed by atoms with Crippen molar-refractivity contribution in [2.24, 2.45) is 0 Å². The predicted molar refractivity (Wildman–Crippen MR) is 102 cm³/mol. The number of fused-ring (bicyclic) bond motifs is 3. The molecular formula is C16H18N4O2S3. The normalized spacial score (nSPS) is 14.6. The van der Waals surface area contributed by atoms with Gasteiger partial charge in [-0.1, -0.05) is 6.07 Å². The van der Waals surface area contributed by atoms with Crippen LogP contribution in [-0.2, 0) is 22.9 Å². The first-order valence-corrected chi connectivity index (χ1v) is 11.4. The lowest BCUT2D eigenvalue weighted by atomic mass is 9.97. The number of hydrogen-bond acceptors (Lipinski definition) is 7. The van der Waals surface area contributed by atoms with E-state index < -0.39 is 10.0 Å². The fraction of sp³-hybridized carbons (Fsp3) is 0.375. The standard InChI is InChI=1S/C16H18N4O2S3/c21-25(22,13-6-3-9-23-13)20-8-7-17-15-14-11-4-1-2-5-12(11)24-16(14)19-10-18-15/h3,6,9-10,20H,1-2,4-5,7-8H2,(H,17,18,19). The molecule has 0 amide bonds. The summed E-state index contributed by atoms with van der Waals surface area (Å²) in [5.74, 6) is 0.805. The SMILES string of the molecule is O=S(=O)(NCCNc1ncnc2sc3c(c12)CCCC3)c1cccs1. The van der Waals surface area contributed by atoms with E-state index in [-0.39, 0.29) is 0 Å². The molecule has 25 heavy (non-hydrogen) atoms. The van der Waals surface area contributed by atoms with Crippen molar-refractivity contribution < 1.29 is 8.42 Å². The molecular weight excluding hydrogens is 376 g/mol. The molecule has 3 aromatic rings. The number of rotatable bonds is 6. The Kier molecular flexibility index (Phi) is 4.72. The van der Waals surface area contributed by atoms with Crippen LogP contribution in [0.1, 0.15) is 23.3 Å². The van der Waals surface area contributed by atoms with Gasteiger partial charge in [-0.2, -0.15) is 0 Å². The summed E-state index contributed by atoms with van der Waals surface area (Å²) in [5.41, 5.74) is 1.37. The first kappa shape index (κ1) is 16.9. The average molecular weight is 395 g/mol. The molecule has 0 aromatic carbocycles. The third-order valence-corrected chi connectivity index (χ3v) is 8.28. The molecule has 0 saturated carbocycles. The highest BCUT2D eigenvalue weighted by molar-refractivity contribution is 7.91. The highest BCUT2D eigenvalue weighted by atomic mass is 32.2. The van der Waals surface area contributed by atoms with Crippen LogP contribution < -0.4 is 10.0 Å². The van der Waals surface area contributed by atoms with Crippen molar-refractivity contribution in [3.05, 3.63) is 34.3 Å². The van der Waals surface area contributed by atoms with Crippen LogP contribution in [0.2, 0.25) is 0 Å². The molecule has 0 aliphatic heterocycles. The second-order valence-corrected chi connectivity index (χ2v) is 9.90. The van der Waals surface area contributed by atoms with Crippen LogP contribution >= 0.6 is 22.7 Å². The minimum atomic E-state index is -3.42. The van der Waals surface area contributed by atoms with Crippen LogP contribution in [0.4, 0.5) is 5.82 Å². The van der Waals surface area contributed by atoms with E-state index in [1.807, 2.05) is 0 Å². The molecule has 3 aromatic heterocycles. The Morgan fingerprint density at radius 1 is 1.16 bits per heavy atom. The zero-order valence-corrected chi connectivity index (χ0v) is 15.9. The minimum Gasteiger partial charge on any atom is -0.368 e. The zero-order chi connectivity index (χ0) is 17.3. The largest absolute Gasteiger partial charge is 0.368 e. The molecule has 0 atom stereocenters. The molecule has 3 heterocycles. The first-order valence-electron chi connectivity index (χ1n) is 8.17. The molecule has 132 valence electrons. The second kappa shape index (κ2) is 6.99. The second-order valence-electron chi connectivity index (χ2n) is 5.87. The Morgan fingerprint density at radius 2 is 2.04 bits per heavy atom. The van der Waals surface area contributed by atoms with Crippen LogP contribution in [0, 0.1) is 0 Å². The maximum absolute atomic E-state index is 12.1. The van der Waals surface area contributed by atoms with Crippen molar-refractivity contribution in [2.75, 3.05) is 18.4 Å². The van der Waals surface area contributed by atoms with E-state index >= 15 is 0 Å². The number of nitrogens with zero attached hydrogens (tertiary/aromatic N) is 2. The lowest BCUT2D eigenvalue weighted by molar-refractivity contribution is 0.585. The number of aromatic nitrogens is 2. The van der Waals surface area contributed by atoms with Crippen LogP contribution in [0.15, 0.2) is 28.0 Å². The summed E-state index contributed by atoms with van der Waals surface area (Å²) in [6, 6.07) is 3.33. The topological polar surface area (TPSA) is 84.0 Å². The van der Waals surface area contributed by atoms with Crippen LogP contribution in [-0.4, -0.2) is 31.5 Å². The van der Waals surface area contributed by atoms with E-state index in [1.165, 1.54) is 34.6 Å². The van der Waals surface area contributed by atoms with Gasteiger partial charge in [-0.3, -0.25) is 0 Å². The summed E-state index contributed by atoms with van der Waals surface area (Å²) in [6.45, 7) is 0.777. The van der Waals surface area contributed by atoms with Crippen molar-refractivity contribution in [1.82, 2.24) is 14.7 Å². The molecule has 4 rings (SSSR count). The molecule has 0 fully saturated rings. The Balaban J connectivity index is 1.46. The van der Waals surface area contributed by atoms with Crippen molar-refractivity contribution in [3.63, 3.8) is 0 Å². The van der Waals surface area contributed by atoms with E-state index in [0.29, 0.717) is 17.3 Å². The highest BCUT2D eigenvalue weighted by Gasteiger charge is 2.20. The molecule has 0 unspecified atom stereocenters. The van der Waals surface area contributed by atoms with Crippen molar-refractivity contribution in [2.45, 2.75) is 29.9 Å². The van der Waals surface area contributed by atoms with Gasteiger partial charge in [-0.05, 0) is 42.7 Å². The molecule has 9 heteroatoms. The lowest BCUT2D eigenvalue weighted by Gasteiger charge is -2.12. The number of anilines is 1. The lowest BCUT2D eigenvalue weighted by Crippen LogP contribution is -2.28. The molecule has 0 bridgehead atoms. The summed E-state index contributed by atoms with van der Waals surface area (Å²) in [4.78, 5) is 11.2. The summed E-state index contributed by atoms with van der Waals surface area (Å²) < 4.78 is 27.2. The summed E-state index contributed by atoms with van der Waals surface area (Å²) >= 11 is 2.97. The molecule has 0 saturated heterocycles. The van der Waals surface area contributed by atoms with E-state index in [2.05, 4.69) is 20.0 Å². The summed E-state index contributed by atoms with van der Waals surface area (Å²) in [5, 5.41) is 6.14. The number of sulfonamides is 1. The van der Waals surface area contributed by atoms with Gasteiger partial charge in [0, 0.05) is 18.0 Å². The Hall–Kier alpha value is -1.55. The van der Waals surface area contributed by atoms with Gasteiger partial charge in [0.25, 0.3) is 0 Å².